The Morgan fingerprint density at radius 1 is 0.935 bits per heavy atom. The van der Waals surface area contributed by atoms with Crippen molar-refractivity contribution in [2.75, 3.05) is 23.3 Å². The van der Waals surface area contributed by atoms with E-state index in [0.717, 1.165) is 63.0 Å². The standard InChI is InChI=1S/C36H48FN7OSi/c1-25-9-7-8-18-44-34(25)30(22-40-44)33-31(37)23-39-35(42-33)41-32-15-12-28(21-38-32)27-16-19-43(20-17-27)29-13-10-26(11-14-29)24-45-46(5,6)36(2,3)4/h10-15,21-23,25,27H,7-9,16-20,24H2,1-6H3,(H,38,39,41,42)/t25-/m1/s1. The number of piperidine rings is 1. The molecule has 5 heterocycles. The van der Waals surface area contributed by atoms with Gasteiger partial charge in [0.15, 0.2) is 14.1 Å². The minimum atomic E-state index is -1.76. The molecule has 1 N–H and O–H groups in total. The number of nitrogens with zero attached hydrogens (tertiary/aromatic N) is 6. The molecule has 3 aromatic heterocycles. The molecule has 0 bridgehead atoms. The second kappa shape index (κ2) is 13.2. The van der Waals surface area contributed by atoms with Crippen LogP contribution in [0.5, 0.6) is 0 Å². The van der Waals surface area contributed by atoms with Gasteiger partial charge in [0.05, 0.1) is 24.7 Å². The molecule has 1 saturated heterocycles. The van der Waals surface area contributed by atoms with Gasteiger partial charge in [-0.3, -0.25) is 4.68 Å². The van der Waals surface area contributed by atoms with Crippen LogP contribution in [-0.4, -0.2) is 46.1 Å². The van der Waals surface area contributed by atoms with Gasteiger partial charge in [-0.05, 0) is 85.0 Å². The van der Waals surface area contributed by atoms with Crippen LogP contribution in [0.1, 0.15) is 88.5 Å². The maximum atomic E-state index is 15.0. The zero-order valence-corrected chi connectivity index (χ0v) is 29.2. The lowest BCUT2D eigenvalue weighted by molar-refractivity contribution is 0.276. The second-order valence-electron chi connectivity index (χ2n) is 14.5. The van der Waals surface area contributed by atoms with Gasteiger partial charge in [0.1, 0.15) is 11.5 Å². The molecule has 8 nitrogen and oxygen atoms in total. The molecular formula is C36H48FN7OSi. The van der Waals surface area contributed by atoms with Crippen molar-refractivity contribution >= 4 is 25.8 Å². The molecule has 2 aliphatic heterocycles. The smallest absolute Gasteiger partial charge is 0.229 e. The Morgan fingerprint density at radius 2 is 1.70 bits per heavy atom. The van der Waals surface area contributed by atoms with Crippen LogP contribution in [0.4, 0.5) is 21.8 Å². The van der Waals surface area contributed by atoms with E-state index in [9.17, 15) is 4.39 Å². The zero-order valence-electron chi connectivity index (χ0n) is 28.2. The minimum absolute atomic E-state index is 0.212. The lowest BCUT2D eigenvalue weighted by Gasteiger charge is -2.36. The van der Waals surface area contributed by atoms with Gasteiger partial charge >= 0.3 is 0 Å². The molecule has 0 radical (unpaired) electrons. The molecule has 0 aliphatic carbocycles. The van der Waals surface area contributed by atoms with Gasteiger partial charge in [0.2, 0.25) is 5.95 Å². The Labute approximate surface area is 274 Å². The Balaban J connectivity index is 1.05. The van der Waals surface area contributed by atoms with E-state index in [4.69, 9.17) is 4.43 Å². The van der Waals surface area contributed by atoms with E-state index in [2.05, 4.69) is 101 Å². The summed E-state index contributed by atoms with van der Waals surface area (Å²) in [4.78, 5) is 15.9. The highest BCUT2D eigenvalue weighted by molar-refractivity contribution is 6.74. The summed E-state index contributed by atoms with van der Waals surface area (Å²) in [6.07, 6.45) is 10.4. The number of halogens is 1. The lowest BCUT2D eigenvalue weighted by Crippen LogP contribution is -2.40. The Hall–Kier alpha value is -3.63. The molecule has 0 amide bonds. The average molecular weight is 642 g/mol. The molecule has 4 aromatic rings. The van der Waals surface area contributed by atoms with E-state index in [1.165, 1.54) is 23.0 Å². The number of pyridine rings is 1. The van der Waals surface area contributed by atoms with Crippen molar-refractivity contribution in [3.05, 3.63) is 77.6 Å². The van der Waals surface area contributed by atoms with Crippen molar-refractivity contribution in [1.82, 2.24) is 24.7 Å². The number of anilines is 3. The zero-order chi connectivity index (χ0) is 32.5. The van der Waals surface area contributed by atoms with Crippen molar-refractivity contribution in [1.29, 1.82) is 0 Å². The van der Waals surface area contributed by atoms with Crippen LogP contribution in [0.15, 0.2) is 55.0 Å². The first-order chi connectivity index (χ1) is 22.0. The monoisotopic (exact) mass is 641 g/mol. The number of nitrogens with one attached hydrogen (secondary N) is 1. The van der Waals surface area contributed by atoms with Crippen LogP contribution in [0.2, 0.25) is 18.1 Å². The number of fused-ring (bicyclic) bond motifs is 1. The summed E-state index contributed by atoms with van der Waals surface area (Å²) < 4.78 is 23.4. The number of benzene rings is 1. The summed E-state index contributed by atoms with van der Waals surface area (Å²) >= 11 is 0. The SMILES string of the molecule is C[C@@H]1CCCCn2ncc(-c3nc(Nc4ccc(C5CCN(c6ccc(CO[Si](C)(C)C(C)(C)C)cc6)CC5)cn4)ncc3F)c21. The van der Waals surface area contributed by atoms with Gasteiger partial charge in [0, 0.05) is 37.1 Å². The first kappa shape index (κ1) is 32.3. The van der Waals surface area contributed by atoms with E-state index in [0.29, 0.717) is 30.2 Å². The fourth-order valence-electron chi connectivity index (χ4n) is 6.33. The highest BCUT2D eigenvalue weighted by Gasteiger charge is 2.37. The molecule has 244 valence electrons. The topological polar surface area (TPSA) is 81.0 Å². The van der Waals surface area contributed by atoms with Crippen LogP contribution in [0.3, 0.4) is 0 Å². The largest absolute Gasteiger partial charge is 0.413 e. The lowest BCUT2D eigenvalue weighted by atomic mass is 9.90. The predicted molar refractivity (Wildman–Crippen MR) is 186 cm³/mol. The van der Waals surface area contributed by atoms with Crippen molar-refractivity contribution in [2.24, 2.45) is 0 Å². The summed E-state index contributed by atoms with van der Waals surface area (Å²) in [5.41, 5.74) is 5.83. The molecule has 0 spiro atoms. The number of hydrogen-bond donors (Lipinski definition) is 1. The highest BCUT2D eigenvalue weighted by Crippen LogP contribution is 2.38. The minimum Gasteiger partial charge on any atom is -0.413 e. The van der Waals surface area contributed by atoms with Crippen LogP contribution in [0.25, 0.3) is 11.3 Å². The summed E-state index contributed by atoms with van der Waals surface area (Å²) in [6, 6.07) is 13.0. The molecular weight excluding hydrogens is 594 g/mol. The first-order valence-corrected chi connectivity index (χ1v) is 19.7. The second-order valence-corrected chi connectivity index (χ2v) is 19.3. The summed E-state index contributed by atoms with van der Waals surface area (Å²) in [6.45, 7) is 17.2. The molecule has 1 aromatic carbocycles. The maximum Gasteiger partial charge on any atom is 0.229 e. The number of aryl methyl sites for hydroxylation is 1. The molecule has 0 saturated carbocycles. The predicted octanol–water partition coefficient (Wildman–Crippen LogP) is 8.81. The van der Waals surface area contributed by atoms with Gasteiger partial charge in [-0.15, -0.1) is 0 Å². The Bertz CT molecular complexity index is 1620. The molecule has 0 unspecified atom stereocenters. The van der Waals surface area contributed by atoms with Gasteiger partial charge < -0.3 is 14.6 Å². The van der Waals surface area contributed by atoms with Crippen molar-refractivity contribution < 1.29 is 8.82 Å². The Kier molecular flexibility index (Phi) is 9.30. The van der Waals surface area contributed by atoms with Gasteiger partial charge in [0.25, 0.3) is 0 Å². The third-order valence-corrected chi connectivity index (χ3v) is 14.8. The van der Waals surface area contributed by atoms with Crippen molar-refractivity contribution in [2.45, 2.75) is 103 Å². The average Bonchev–Trinajstić information content (AvgIpc) is 3.38. The van der Waals surface area contributed by atoms with Gasteiger partial charge in [-0.1, -0.05) is 52.3 Å². The van der Waals surface area contributed by atoms with Crippen molar-refractivity contribution in [3.63, 3.8) is 0 Å². The third-order valence-electron chi connectivity index (χ3n) is 10.3. The van der Waals surface area contributed by atoms with Crippen LogP contribution in [0, 0.1) is 5.82 Å². The normalized spacial score (nSPS) is 17.9. The quantitative estimate of drug-likeness (QED) is 0.193. The number of hydrogen-bond acceptors (Lipinski definition) is 7. The fourth-order valence-corrected chi connectivity index (χ4v) is 7.29. The highest BCUT2D eigenvalue weighted by atomic mass is 28.4. The summed E-state index contributed by atoms with van der Waals surface area (Å²) in [5, 5.41) is 7.94. The number of rotatable bonds is 8. The van der Waals surface area contributed by atoms with Crippen LogP contribution >= 0.6 is 0 Å². The third kappa shape index (κ3) is 7.03. The van der Waals surface area contributed by atoms with Gasteiger partial charge in [-0.2, -0.15) is 5.10 Å². The van der Waals surface area contributed by atoms with Gasteiger partial charge in [-0.25, -0.2) is 19.3 Å². The van der Waals surface area contributed by atoms with Crippen LogP contribution in [-0.2, 0) is 17.6 Å². The maximum absolute atomic E-state index is 15.0. The van der Waals surface area contributed by atoms with Crippen LogP contribution < -0.4 is 10.2 Å². The van der Waals surface area contributed by atoms with Crippen molar-refractivity contribution in [3.8, 4) is 11.3 Å². The van der Waals surface area contributed by atoms with E-state index < -0.39 is 14.1 Å². The molecule has 1 fully saturated rings. The molecule has 46 heavy (non-hydrogen) atoms. The summed E-state index contributed by atoms with van der Waals surface area (Å²) in [7, 11) is -1.76. The first-order valence-electron chi connectivity index (χ1n) is 16.8. The Morgan fingerprint density at radius 3 is 2.39 bits per heavy atom. The van der Waals surface area contributed by atoms with E-state index in [1.54, 1.807) is 6.20 Å². The summed E-state index contributed by atoms with van der Waals surface area (Å²) in [5.74, 6) is 1.27. The molecule has 2 aliphatic rings. The number of aromatic nitrogens is 5. The molecule has 6 rings (SSSR count). The fraction of sp³-hybridized carbons (Fsp3) is 0.500. The van der Waals surface area contributed by atoms with E-state index in [-0.39, 0.29) is 10.7 Å². The van der Waals surface area contributed by atoms with E-state index in [1.807, 2.05) is 16.9 Å². The molecule has 10 heteroatoms. The molecule has 1 atom stereocenters. The van der Waals surface area contributed by atoms with E-state index >= 15 is 0 Å².